The summed E-state index contributed by atoms with van der Waals surface area (Å²) in [6, 6.07) is -5.92. The van der Waals surface area contributed by atoms with Gasteiger partial charge in [0.05, 0.1) is 19.6 Å². The molecule has 0 aromatic rings. The summed E-state index contributed by atoms with van der Waals surface area (Å²) in [4.78, 5) is 124. The molecular weight excluding hydrogens is 696 g/mol. The Morgan fingerprint density at radius 2 is 1.29 bits per heavy atom. The van der Waals surface area contributed by atoms with E-state index in [0.29, 0.717) is 25.1 Å². The summed E-state index contributed by atoms with van der Waals surface area (Å²) < 4.78 is 0. The number of likely N-dealkylation sites (tertiary alicyclic amines) is 1. The zero-order valence-electron chi connectivity index (χ0n) is 28.5. The van der Waals surface area contributed by atoms with E-state index in [4.69, 9.17) is 17.2 Å². The first-order valence-corrected chi connectivity index (χ1v) is 17.4. The van der Waals surface area contributed by atoms with Gasteiger partial charge < -0.3 is 59.1 Å². The van der Waals surface area contributed by atoms with Gasteiger partial charge in [-0.1, -0.05) is 0 Å². The summed E-state index contributed by atoms with van der Waals surface area (Å²) >= 11 is 1.37. The molecule has 22 heteroatoms. The molecule has 0 spiro atoms. The standard InChI is InChI=1S/C29H48N10O11S/c1-15(25(45)33-13-23(43)37-18(29(49)50)6-8-21(32)41)35-27(47)17(9-11-51-2)36-22(42)14-34-26(46)16(5-7-20(31)40)38-28(48)19-4-3-10-39(19)24(44)12-30/h15-19H,3-14,30H2,1-2H3,(H2,31,40)(H2,32,41)(H,33,45)(H,34,46)(H,35,47)(H,36,42)(H,37,43)(H,38,48)(H,49,50)/t15-,16-,17-,18-,19-/m0/s1. The van der Waals surface area contributed by atoms with E-state index in [1.54, 1.807) is 6.26 Å². The van der Waals surface area contributed by atoms with Crippen molar-refractivity contribution in [1.82, 2.24) is 36.8 Å². The van der Waals surface area contributed by atoms with Gasteiger partial charge >= 0.3 is 5.97 Å². The smallest absolute Gasteiger partial charge is 0.326 e. The van der Waals surface area contributed by atoms with Crippen LogP contribution in [-0.2, 0) is 47.9 Å². The van der Waals surface area contributed by atoms with E-state index in [2.05, 4.69) is 31.9 Å². The summed E-state index contributed by atoms with van der Waals surface area (Å²) in [6.45, 7) is 0.0476. The zero-order chi connectivity index (χ0) is 38.7. The van der Waals surface area contributed by atoms with Gasteiger partial charge in [-0.25, -0.2) is 4.79 Å². The van der Waals surface area contributed by atoms with Gasteiger partial charge in [-0.2, -0.15) is 11.8 Å². The average Bonchev–Trinajstić information content (AvgIpc) is 3.57. The quantitative estimate of drug-likeness (QED) is 0.0467. The average molecular weight is 745 g/mol. The highest BCUT2D eigenvalue weighted by atomic mass is 32.2. The van der Waals surface area contributed by atoms with Crippen molar-refractivity contribution in [1.29, 1.82) is 0 Å². The second-order valence-corrected chi connectivity index (χ2v) is 12.5. The fourth-order valence-electron chi connectivity index (χ4n) is 4.81. The molecule has 0 bridgehead atoms. The van der Waals surface area contributed by atoms with Crippen LogP contribution in [-0.4, -0.2) is 138 Å². The summed E-state index contributed by atoms with van der Waals surface area (Å²) in [5.74, 6) is -7.61. The topological polar surface area (TPSA) is 344 Å². The molecule has 0 saturated carbocycles. The first-order chi connectivity index (χ1) is 24.0. The molecule has 286 valence electrons. The number of thioether (sulfide) groups is 1. The van der Waals surface area contributed by atoms with E-state index in [1.807, 2.05) is 0 Å². The molecule has 0 unspecified atom stereocenters. The van der Waals surface area contributed by atoms with E-state index < -0.39 is 102 Å². The highest BCUT2D eigenvalue weighted by Crippen LogP contribution is 2.18. The zero-order valence-corrected chi connectivity index (χ0v) is 29.3. The Morgan fingerprint density at radius 1 is 0.765 bits per heavy atom. The summed E-state index contributed by atoms with van der Waals surface area (Å²) in [7, 11) is 0. The highest BCUT2D eigenvalue weighted by molar-refractivity contribution is 7.98. The minimum Gasteiger partial charge on any atom is -0.480 e. The largest absolute Gasteiger partial charge is 0.480 e. The van der Waals surface area contributed by atoms with Crippen LogP contribution in [0, 0.1) is 0 Å². The Morgan fingerprint density at radius 3 is 1.82 bits per heavy atom. The molecule has 1 fully saturated rings. The van der Waals surface area contributed by atoms with Crippen LogP contribution >= 0.6 is 11.8 Å². The van der Waals surface area contributed by atoms with Crippen molar-refractivity contribution in [2.75, 3.05) is 38.2 Å². The maximum atomic E-state index is 13.0. The Kier molecular flexibility index (Phi) is 19.6. The van der Waals surface area contributed by atoms with Gasteiger partial charge in [0, 0.05) is 19.4 Å². The van der Waals surface area contributed by atoms with Crippen molar-refractivity contribution >= 4 is 70.9 Å². The summed E-state index contributed by atoms with van der Waals surface area (Å²) in [5.41, 5.74) is 15.7. The number of primary amides is 2. The van der Waals surface area contributed by atoms with Crippen molar-refractivity contribution in [2.24, 2.45) is 17.2 Å². The van der Waals surface area contributed by atoms with Crippen LogP contribution in [0.5, 0.6) is 0 Å². The van der Waals surface area contributed by atoms with E-state index >= 15 is 0 Å². The van der Waals surface area contributed by atoms with Crippen molar-refractivity contribution in [3.05, 3.63) is 0 Å². The van der Waals surface area contributed by atoms with Gasteiger partial charge in [-0.15, -0.1) is 0 Å². The van der Waals surface area contributed by atoms with Crippen LogP contribution in [0.3, 0.4) is 0 Å². The lowest BCUT2D eigenvalue weighted by atomic mass is 10.1. The molecule has 1 aliphatic rings. The Hall–Kier alpha value is -4.99. The van der Waals surface area contributed by atoms with E-state index in [1.165, 1.54) is 23.6 Å². The lowest BCUT2D eigenvalue weighted by Crippen LogP contribution is -2.56. The number of carbonyl (C=O) groups excluding carboxylic acids is 9. The SMILES string of the molecule is CSCC[C@H](NC(=O)CNC(=O)[C@H](CCC(N)=O)NC(=O)[C@@H]1CCCN1C(=O)CN)C(=O)N[C@@H](C)C(=O)NCC(=O)N[C@@H](CCC(N)=O)C(=O)O. The molecule has 21 nitrogen and oxygen atoms in total. The van der Waals surface area contributed by atoms with Crippen molar-refractivity contribution in [2.45, 2.75) is 82.1 Å². The lowest BCUT2D eigenvalue weighted by Gasteiger charge is -2.26. The Bertz CT molecular complexity index is 1320. The molecule has 9 amide bonds. The molecule has 13 N–H and O–H groups in total. The van der Waals surface area contributed by atoms with E-state index in [-0.39, 0.29) is 38.6 Å². The monoisotopic (exact) mass is 744 g/mol. The number of aliphatic carboxylic acids is 1. The van der Waals surface area contributed by atoms with Crippen LogP contribution < -0.4 is 49.1 Å². The molecule has 0 aromatic carbocycles. The normalized spacial score (nSPS) is 16.0. The molecule has 1 rings (SSSR count). The van der Waals surface area contributed by atoms with Crippen LogP contribution in [0.4, 0.5) is 0 Å². The molecule has 0 aromatic heterocycles. The molecule has 51 heavy (non-hydrogen) atoms. The van der Waals surface area contributed by atoms with Gasteiger partial charge in [0.25, 0.3) is 0 Å². The third kappa shape index (κ3) is 16.5. The van der Waals surface area contributed by atoms with Crippen LogP contribution in [0.25, 0.3) is 0 Å². The van der Waals surface area contributed by atoms with Crippen LogP contribution in [0.15, 0.2) is 0 Å². The van der Waals surface area contributed by atoms with Gasteiger partial charge in [0.2, 0.25) is 53.2 Å². The minimum absolute atomic E-state index is 0.127. The van der Waals surface area contributed by atoms with E-state index in [9.17, 15) is 53.1 Å². The van der Waals surface area contributed by atoms with Crippen molar-refractivity contribution in [3.8, 4) is 0 Å². The van der Waals surface area contributed by atoms with Crippen molar-refractivity contribution < 1.29 is 53.1 Å². The number of nitrogens with zero attached hydrogens (tertiary/aromatic N) is 1. The number of nitrogens with one attached hydrogen (secondary N) is 6. The number of rotatable bonds is 23. The minimum atomic E-state index is -1.42. The third-order valence-electron chi connectivity index (χ3n) is 7.54. The fraction of sp³-hybridized carbons (Fsp3) is 0.655. The number of hydrogen-bond donors (Lipinski definition) is 10. The van der Waals surface area contributed by atoms with Gasteiger partial charge in [0.15, 0.2) is 0 Å². The number of hydrogen-bond acceptors (Lipinski definition) is 12. The van der Waals surface area contributed by atoms with Gasteiger partial charge in [-0.05, 0) is 51.0 Å². The number of nitrogens with two attached hydrogens (primary N) is 3. The summed E-state index contributed by atoms with van der Waals surface area (Å²) in [6.07, 6.45) is 1.77. The maximum Gasteiger partial charge on any atom is 0.326 e. The second kappa shape index (κ2) is 22.7. The first-order valence-electron chi connectivity index (χ1n) is 16.0. The van der Waals surface area contributed by atoms with Crippen LogP contribution in [0.2, 0.25) is 0 Å². The Labute approximate surface area is 298 Å². The van der Waals surface area contributed by atoms with Crippen molar-refractivity contribution in [3.63, 3.8) is 0 Å². The molecule has 1 saturated heterocycles. The highest BCUT2D eigenvalue weighted by Gasteiger charge is 2.35. The van der Waals surface area contributed by atoms with Crippen LogP contribution in [0.1, 0.15) is 51.9 Å². The fourth-order valence-corrected chi connectivity index (χ4v) is 5.28. The third-order valence-corrected chi connectivity index (χ3v) is 8.18. The van der Waals surface area contributed by atoms with Gasteiger partial charge in [0.1, 0.15) is 30.2 Å². The Balaban J connectivity index is 2.77. The molecule has 1 heterocycles. The number of carbonyl (C=O) groups is 10. The molecule has 1 aliphatic heterocycles. The van der Waals surface area contributed by atoms with E-state index in [0.717, 1.165) is 0 Å². The predicted octanol–water partition coefficient (Wildman–Crippen LogP) is -5.50. The number of amides is 9. The van der Waals surface area contributed by atoms with Gasteiger partial charge in [-0.3, -0.25) is 43.2 Å². The lowest BCUT2D eigenvalue weighted by molar-refractivity contribution is -0.142. The molecule has 0 aliphatic carbocycles. The molecule has 0 radical (unpaired) electrons. The molecular formula is C29H48N10O11S. The summed E-state index contributed by atoms with van der Waals surface area (Å²) in [5, 5.41) is 23.4. The number of carboxylic acids is 1. The first kappa shape index (κ1) is 44.0. The second-order valence-electron chi connectivity index (χ2n) is 11.5. The maximum absolute atomic E-state index is 13.0. The molecule has 5 atom stereocenters. The number of carboxylic acid groups (broad SMARTS) is 1. The predicted molar refractivity (Wildman–Crippen MR) is 181 cm³/mol.